The molecule has 13 heavy (non-hydrogen) atoms. The van der Waals surface area contributed by atoms with Crippen LogP contribution in [0.2, 0.25) is 0 Å². The second-order valence-electron chi connectivity index (χ2n) is 2.77. The molecular weight excluding hydrogens is 281 g/mol. The van der Waals surface area contributed by atoms with Gasteiger partial charge in [-0.15, -0.1) is 5.56 Å². The molecule has 0 amide bonds. The van der Waals surface area contributed by atoms with Gasteiger partial charge in [0.15, 0.2) is 0 Å². The molecular formula is C10H13BrOZn. The van der Waals surface area contributed by atoms with Gasteiger partial charge in [-0.1, -0.05) is 0 Å². The van der Waals surface area contributed by atoms with E-state index in [9.17, 15) is 0 Å². The summed E-state index contributed by atoms with van der Waals surface area (Å²) in [6.45, 7) is 4.77. The van der Waals surface area contributed by atoms with Crippen LogP contribution in [-0.4, -0.2) is 6.10 Å². The summed E-state index contributed by atoms with van der Waals surface area (Å²) in [4.78, 5) is 0. The molecule has 0 N–H and O–H groups in total. The molecule has 0 aromatic heterocycles. The van der Waals surface area contributed by atoms with Gasteiger partial charge in [0.1, 0.15) is 0 Å². The maximum absolute atomic E-state index is 5.41. The Morgan fingerprint density at radius 3 is 2.38 bits per heavy atom. The van der Waals surface area contributed by atoms with Gasteiger partial charge in [-0.3, -0.25) is 0 Å². The minimum absolute atomic E-state index is 0.305. The van der Waals surface area contributed by atoms with Crippen molar-refractivity contribution in [1.29, 1.82) is 0 Å². The van der Waals surface area contributed by atoms with E-state index in [1.54, 1.807) is 0 Å². The zero-order chi connectivity index (χ0) is 10.1. The van der Waals surface area contributed by atoms with Crippen molar-refractivity contribution in [3.8, 4) is 0 Å². The van der Waals surface area contributed by atoms with Crippen LogP contribution in [0, 0.1) is 6.07 Å². The summed E-state index contributed by atoms with van der Waals surface area (Å²) < 4.78 is 5.41. The molecule has 0 aliphatic rings. The van der Waals surface area contributed by atoms with Crippen LogP contribution < -0.4 is 0 Å². The molecule has 0 bridgehead atoms. The topological polar surface area (TPSA) is 9.23 Å². The molecule has 0 unspecified atom stereocenters. The number of benzene rings is 1. The van der Waals surface area contributed by atoms with E-state index in [2.05, 4.69) is 19.7 Å². The van der Waals surface area contributed by atoms with E-state index in [0.29, 0.717) is 12.7 Å². The summed E-state index contributed by atoms with van der Waals surface area (Å²) in [7, 11) is 0. The molecule has 0 radical (unpaired) electrons. The van der Waals surface area contributed by atoms with E-state index in [-0.39, 0.29) is 0 Å². The fraction of sp³-hybridized carbons (Fsp3) is 0.400. The number of halogens is 1. The Kier molecular flexibility index (Phi) is 9.06. The van der Waals surface area contributed by atoms with Gasteiger partial charge in [0.25, 0.3) is 0 Å². The normalized spacial score (nSPS) is 9.38. The van der Waals surface area contributed by atoms with Crippen LogP contribution in [0.1, 0.15) is 19.4 Å². The number of hydrogen-bond acceptors (Lipinski definition) is 1. The van der Waals surface area contributed by atoms with E-state index < -0.39 is 0 Å². The van der Waals surface area contributed by atoms with Crippen LogP contribution in [0.15, 0.2) is 24.3 Å². The maximum atomic E-state index is 5.41. The second kappa shape index (κ2) is 8.86. The van der Waals surface area contributed by atoms with Crippen molar-refractivity contribution in [2.45, 2.75) is 26.6 Å². The van der Waals surface area contributed by atoms with Gasteiger partial charge in [-0.05, 0) is 13.8 Å². The number of ether oxygens (including phenoxy) is 1. The van der Waals surface area contributed by atoms with E-state index in [1.165, 1.54) is 21.9 Å². The van der Waals surface area contributed by atoms with Gasteiger partial charge in [-0.25, -0.2) is 0 Å². The van der Waals surface area contributed by atoms with Gasteiger partial charge in [0.05, 0.1) is 6.10 Å². The fourth-order valence-corrected chi connectivity index (χ4v) is 0.781. The first kappa shape index (κ1) is 13.3. The van der Waals surface area contributed by atoms with E-state index >= 15 is 0 Å². The third-order valence-corrected chi connectivity index (χ3v) is 1.37. The SMILES string of the molecule is CC(C)OCc1cc[c-]cc1.[Zn+][Br]. The molecule has 3 heteroatoms. The Morgan fingerprint density at radius 2 is 1.92 bits per heavy atom. The Labute approximate surface area is 96.9 Å². The molecule has 0 fully saturated rings. The van der Waals surface area contributed by atoms with Crippen molar-refractivity contribution in [2.24, 2.45) is 0 Å². The van der Waals surface area contributed by atoms with Gasteiger partial charge >= 0.3 is 30.0 Å². The van der Waals surface area contributed by atoms with Crippen LogP contribution in [0.4, 0.5) is 0 Å². The predicted molar refractivity (Wildman–Crippen MR) is 54.1 cm³/mol. The van der Waals surface area contributed by atoms with Gasteiger partial charge in [-0.2, -0.15) is 30.3 Å². The zero-order valence-corrected chi connectivity index (χ0v) is 12.6. The quantitative estimate of drug-likeness (QED) is 0.614. The fourth-order valence-electron chi connectivity index (χ4n) is 0.781. The third-order valence-electron chi connectivity index (χ3n) is 1.37. The summed E-state index contributed by atoms with van der Waals surface area (Å²) >= 11 is 4.25. The molecule has 1 rings (SSSR count). The summed E-state index contributed by atoms with van der Waals surface area (Å²) in [5, 5.41) is 0. The molecule has 68 valence electrons. The zero-order valence-electron chi connectivity index (χ0n) is 8.09. The van der Waals surface area contributed by atoms with E-state index in [1.807, 2.05) is 38.1 Å². The van der Waals surface area contributed by atoms with E-state index in [0.717, 1.165) is 0 Å². The van der Waals surface area contributed by atoms with Crippen molar-refractivity contribution >= 4 is 13.6 Å². The van der Waals surface area contributed by atoms with Gasteiger partial charge < -0.3 is 4.74 Å². The third kappa shape index (κ3) is 7.36. The molecule has 0 saturated carbocycles. The Morgan fingerprint density at radius 1 is 1.38 bits per heavy atom. The molecule has 0 spiro atoms. The Balaban J connectivity index is 0.000000671. The van der Waals surface area contributed by atoms with Crippen molar-refractivity contribution in [2.75, 3.05) is 0 Å². The average Bonchev–Trinajstić information content (AvgIpc) is 2.19. The molecule has 1 nitrogen and oxygen atoms in total. The summed E-state index contributed by atoms with van der Waals surface area (Å²) in [5.74, 6) is 0. The first-order chi connectivity index (χ1) is 6.29. The van der Waals surface area contributed by atoms with Crippen molar-refractivity contribution in [1.82, 2.24) is 0 Å². The van der Waals surface area contributed by atoms with Crippen LogP contribution >= 0.6 is 13.6 Å². The van der Waals surface area contributed by atoms with Crippen LogP contribution in [0.25, 0.3) is 0 Å². The second-order valence-corrected chi connectivity index (χ2v) is 2.77. The summed E-state index contributed by atoms with van der Waals surface area (Å²) in [6.07, 6.45) is 0.305. The molecule has 1 aromatic rings. The first-order valence-corrected chi connectivity index (χ1v) is 11.1. The molecule has 0 heterocycles. The molecule has 0 atom stereocenters. The first-order valence-electron chi connectivity index (χ1n) is 4.12. The summed E-state index contributed by atoms with van der Waals surface area (Å²) in [6, 6.07) is 10.8. The average molecular weight is 295 g/mol. The molecule has 0 saturated heterocycles. The molecule has 0 aliphatic carbocycles. The Hall–Kier alpha value is 0.283. The minimum atomic E-state index is 0.305. The number of rotatable bonds is 3. The standard InChI is InChI=1S/C10H13O.BrH.Zn/c1-9(2)11-8-10-6-4-3-5-7-10;;/h4-7,9H,8H2,1-2H3;1H;/q-1;;+2/p-1. The monoisotopic (exact) mass is 292 g/mol. The van der Waals surface area contributed by atoms with Crippen molar-refractivity contribution in [3.05, 3.63) is 35.9 Å². The molecule has 1 aromatic carbocycles. The van der Waals surface area contributed by atoms with Crippen LogP contribution in [0.3, 0.4) is 0 Å². The summed E-state index contributed by atoms with van der Waals surface area (Å²) in [5.41, 5.74) is 1.21. The predicted octanol–water partition coefficient (Wildman–Crippen LogP) is 3.25. The Bertz CT molecular complexity index is 201. The van der Waals surface area contributed by atoms with Crippen molar-refractivity contribution < 1.29 is 21.1 Å². The van der Waals surface area contributed by atoms with Crippen molar-refractivity contribution in [3.63, 3.8) is 0 Å². The molecule has 0 aliphatic heterocycles. The van der Waals surface area contributed by atoms with Crippen LogP contribution in [0.5, 0.6) is 0 Å². The van der Waals surface area contributed by atoms with E-state index in [4.69, 9.17) is 4.74 Å². The van der Waals surface area contributed by atoms with Gasteiger partial charge in [0, 0.05) is 6.61 Å². The number of hydrogen-bond donors (Lipinski definition) is 0. The van der Waals surface area contributed by atoms with Crippen LogP contribution in [-0.2, 0) is 27.7 Å². The van der Waals surface area contributed by atoms with Gasteiger partial charge in [0.2, 0.25) is 0 Å².